The van der Waals surface area contributed by atoms with E-state index in [9.17, 15) is 13.6 Å². The van der Waals surface area contributed by atoms with Gasteiger partial charge in [0.1, 0.15) is 0 Å². The van der Waals surface area contributed by atoms with E-state index in [2.05, 4.69) is 5.32 Å². The molecule has 0 unspecified atom stereocenters. The van der Waals surface area contributed by atoms with E-state index in [0.717, 1.165) is 12.1 Å². The van der Waals surface area contributed by atoms with Crippen molar-refractivity contribution >= 4 is 40.5 Å². The third-order valence-corrected chi connectivity index (χ3v) is 3.27. The van der Waals surface area contributed by atoms with E-state index < -0.39 is 17.5 Å². The summed E-state index contributed by atoms with van der Waals surface area (Å²) in [5, 5.41) is 2.53. The monoisotopic (exact) mass is 316 g/mol. The highest BCUT2D eigenvalue weighted by atomic mass is 35.5. The van der Waals surface area contributed by atoms with Crippen LogP contribution in [0.4, 0.5) is 20.2 Å². The maximum atomic E-state index is 13.0. The fourth-order valence-corrected chi connectivity index (χ4v) is 1.97. The zero-order valence-electron chi connectivity index (χ0n) is 9.88. The van der Waals surface area contributed by atoms with Gasteiger partial charge in [-0.25, -0.2) is 8.78 Å². The molecule has 0 bridgehead atoms. The molecule has 0 aromatic heterocycles. The van der Waals surface area contributed by atoms with Crippen molar-refractivity contribution in [2.24, 2.45) is 0 Å². The highest BCUT2D eigenvalue weighted by molar-refractivity contribution is 6.44. The van der Waals surface area contributed by atoms with Crippen LogP contribution in [0.25, 0.3) is 0 Å². The second-order valence-electron chi connectivity index (χ2n) is 3.95. The molecular formula is C13H8Cl2F2N2O. The molecule has 104 valence electrons. The molecular weight excluding hydrogens is 309 g/mol. The quantitative estimate of drug-likeness (QED) is 0.819. The minimum absolute atomic E-state index is 0.0287. The van der Waals surface area contributed by atoms with E-state index in [1.165, 1.54) is 18.2 Å². The summed E-state index contributed by atoms with van der Waals surface area (Å²) in [7, 11) is 0. The SMILES string of the molecule is Nc1cc(Cl)c(Cl)c(C(=O)Nc2ccc(F)c(F)c2)c1. The zero-order chi connectivity index (χ0) is 14.9. The normalized spacial score (nSPS) is 10.4. The molecule has 3 nitrogen and oxygen atoms in total. The molecule has 7 heteroatoms. The third-order valence-electron chi connectivity index (χ3n) is 2.47. The molecule has 0 spiro atoms. The summed E-state index contributed by atoms with van der Waals surface area (Å²) in [4.78, 5) is 12.0. The van der Waals surface area contributed by atoms with Gasteiger partial charge in [0.15, 0.2) is 11.6 Å². The Morgan fingerprint density at radius 1 is 1.10 bits per heavy atom. The number of benzene rings is 2. The average Bonchev–Trinajstić information content (AvgIpc) is 2.38. The van der Waals surface area contributed by atoms with Crippen LogP contribution in [-0.2, 0) is 0 Å². The fraction of sp³-hybridized carbons (Fsp3) is 0. The van der Waals surface area contributed by atoms with Gasteiger partial charge >= 0.3 is 0 Å². The van der Waals surface area contributed by atoms with Gasteiger partial charge in [0.25, 0.3) is 5.91 Å². The predicted molar refractivity (Wildman–Crippen MR) is 75.2 cm³/mol. The number of anilines is 2. The topological polar surface area (TPSA) is 55.1 Å². The van der Waals surface area contributed by atoms with Crippen LogP contribution in [0.15, 0.2) is 30.3 Å². The number of hydrogen-bond donors (Lipinski definition) is 2. The van der Waals surface area contributed by atoms with E-state index in [1.54, 1.807) is 0 Å². The Morgan fingerprint density at radius 2 is 1.80 bits per heavy atom. The van der Waals surface area contributed by atoms with E-state index in [4.69, 9.17) is 28.9 Å². The third kappa shape index (κ3) is 3.00. The smallest absolute Gasteiger partial charge is 0.257 e. The van der Waals surface area contributed by atoms with Crippen molar-refractivity contribution in [3.05, 3.63) is 57.6 Å². The molecule has 3 N–H and O–H groups in total. The molecule has 0 fully saturated rings. The molecule has 20 heavy (non-hydrogen) atoms. The molecule has 2 rings (SSSR count). The molecule has 0 heterocycles. The van der Waals surface area contributed by atoms with Crippen molar-refractivity contribution in [2.75, 3.05) is 11.1 Å². The van der Waals surface area contributed by atoms with Gasteiger partial charge in [-0.3, -0.25) is 4.79 Å². The summed E-state index contributed by atoms with van der Waals surface area (Å²) in [6, 6.07) is 5.72. The van der Waals surface area contributed by atoms with Gasteiger partial charge in [0, 0.05) is 17.4 Å². The number of hydrogen-bond acceptors (Lipinski definition) is 2. The van der Waals surface area contributed by atoms with E-state index in [0.29, 0.717) is 0 Å². The molecule has 0 atom stereocenters. The molecule has 1 amide bonds. The zero-order valence-corrected chi connectivity index (χ0v) is 11.4. The highest BCUT2D eigenvalue weighted by Gasteiger charge is 2.15. The van der Waals surface area contributed by atoms with Gasteiger partial charge in [-0.1, -0.05) is 23.2 Å². The summed E-state index contributed by atoms with van der Waals surface area (Å²) in [5.74, 6) is -2.71. The second kappa shape index (κ2) is 5.64. The molecule has 0 aliphatic heterocycles. The number of nitrogen functional groups attached to an aromatic ring is 1. The van der Waals surface area contributed by atoms with Crippen molar-refractivity contribution in [1.29, 1.82) is 0 Å². The van der Waals surface area contributed by atoms with Crippen LogP contribution < -0.4 is 11.1 Å². The average molecular weight is 317 g/mol. The maximum Gasteiger partial charge on any atom is 0.257 e. The molecule has 0 radical (unpaired) electrons. The Kier molecular flexibility index (Phi) is 4.11. The molecule has 0 saturated carbocycles. The van der Waals surface area contributed by atoms with Gasteiger partial charge < -0.3 is 11.1 Å². The van der Waals surface area contributed by atoms with Crippen molar-refractivity contribution in [1.82, 2.24) is 0 Å². The van der Waals surface area contributed by atoms with Crippen LogP contribution in [0.1, 0.15) is 10.4 Å². The standard InChI is InChI=1S/C13H8Cl2F2N2O/c14-9-4-6(18)3-8(12(9)15)13(20)19-7-1-2-10(16)11(17)5-7/h1-5H,18H2,(H,19,20). The number of halogens is 4. The highest BCUT2D eigenvalue weighted by Crippen LogP contribution is 2.29. The lowest BCUT2D eigenvalue weighted by Crippen LogP contribution is -2.13. The first-order valence-electron chi connectivity index (χ1n) is 5.39. The Hall–Kier alpha value is -1.85. The van der Waals surface area contributed by atoms with Crippen LogP contribution in [0.5, 0.6) is 0 Å². The first-order valence-corrected chi connectivity index (χ1v) is 6.15. The minimum atomic E-state index is -1.07. The number of nitrogens with one attached hydrogen (secondary N) is 1. The predicted octanol–water partition coefficient (Wildman–Crippen LogP) is 4.11. The van der Waals surface area contributed by atoms with E-state index in [-0.39, 0.29) is 27.0 Å². The van der Waals surface area contributed by atoms with Gasteiger partial charge in [0.2, 0.25) is 0 Å². The van der Waals surface area contributed by atoms with E-state index in [1.807, 2.05) is 0 Å². The summed E-state index contributed by atoms with van der Waals surface area (Å²) in [5.41, 5.74) is 5.96. The Morgan fingerprint density at radius 3 is 2.45 bits per heavy atom. The van der Waals surface area contributed by atoms with E-state index >= 15 is 0 Å². The van der Waals surface area contributed by atoms with Crippen molar-refractivity contribution in [3.8, 4) is 0 Å². The van der Waals surface area contributed by atoms with Crippen LogP contribution >= 0.6 is 23.2 Å². The fourth-order valence-electron chi connectivity index (χ4n) is 1.55. The largest absolute Gasteiger partial charge is 0.399 e. The Labute approximate surface area is 123 Å². The van der Waals surface area contributed by atoms with Crippen molar-refractivity contribution < 1.29 is 13.6 Å². The minimum Gasteiger partial charge on any atom is -0.399 e. The lowest BCUT2D eigenvalue weighted by molar-refractivity contribution is 0.102. The second-order valence-corrected chi connectivity index (χ2v) is 4.73. The summed E-state index contributed by atoms with van der Waals surface area (Å²) in [6.07, 6.45) is 0. The Bertz CT molecular complexity index is 692. The molecule has 0 aliphatic rings. The number of carbonyl (C=O) groups is 1. The molecule has 0 saturated heterocycles. The van der Waals surface area contributed by atoms with Crippen molar-refractivity contribution in [2.45, 2.75) is 0 Å². The van der Waals surface area contributed by atoms with Gasteiger partial charge in [-0.2, -0.15) is 0 Å². The first kappa shape index (κ1) is 14.6. The van der Waals surface area contributed by atoms with Gasteiger partial charge in [-0.05, 0) is 24.3 Å². The molecule has 0 aliphatic carbocycles. The lowest BCUT2D eigenvalue weighted by Gasteiger charge is -2.09. The first-order chi connectivity index (χ1) is 9.38. The van der Waals surface area contributed by atoms with Crippen LogP contribution in [-0.4, -0.2) is 5.91 Å². The summed E-state index contributed by atoms with van der Waals surface area (Å²) >= 11 is 11.7. The Balaban J connectivity index is 2.30. The van der Waals surface area contributed by atoms with Crippen LogP contribution in [0.2, 0.25) is 10.0 Å². The number of amides is 1. The maximum absolute atomic E-state index is 13.0. The number of carbonyl (C=O) groups excluding carboxylic acids is 1. The van der Waals surface area contributed by atoms with Crippen LogP contribution in [0, 0.1) is 11.6 Å². The summed E-state index contributed by atoms with van der Waals surface area (Å²) in [6.45, 7) is 0. The molecule has 2 aromatic carbocycles. The van der Waals surface area contributed by atoms with Gasteiger partial charge in [0.05, 0.1) is 15.6 Å². The number of nitrogens with two attached hydrogens (primary N) is 1. The lowest BCUT2D eigenvalue weighted by atomic mass is 10.2. The number of rotatable bonds is 2. The van der Waals surface area contributed by atoms with Crippen molar-refractivity contribution in [3.63, 3.8) is 0 Å². The molecule has 2 aromatic rings. The van der Waals surface area contributed by atoms with Gasteiger partial charge in [-0.15, -0.1) is 0 Å². The van der Waals surface area contributed by atoms with Crippen LogP contribution in [0.3, 0.4) is 0 Å². The summed E-state index contributed by atoms with van der Waals surface area (Å²) < 4.78 is 25.8.